The number of rotatable bonds is 0. The van der Waals surface area contributed by atoms with Gasteiger partial charge in [-0.25, -0.2) is 0 Å². The summed E-state index contributed by atoms with van der Waals surface area (Å²) >= 11 is 0. The summed E-state index contributed by atoms with van der Waals surface area (Å²) in [5, 5.41) is 25.4. The third-order valence-electron chi connectivity index (χ3n) is 12.5. The van der Waals surface area contributed by atoms with Crippen LogP contribution in [-0.4, -0.2) is 51.3 Å². The number of carbonyl (C=O) groups is 3. The Bertz CT molecular complexity index is 1140. The van der Waals surface area contributed by atoms with Crippen molar-refractivity contribution in [3.63, 3.8) is 0 Å². The Morgan fingerprint density at radius 3 is 1.95 bits per heavy atom. The molecule has 2 heterocycles. The highest BCUT2D eigenvalue weighted by Gasteiger charge is 2.83. The van der Waals surface area contributed by atoms with Crippen molar-refractivity contribution in [2.75, 3.05) is 0 Å². The average Bonchev–Trinajstić information content (AvgIpc) is 3.49. The van der Waals surface area contributed by atoms with Crippen molar-refractivity contribution in [1.29, 1.82) is 0 Å². The molecule has 0 amide bonds. The molecule has 2 saturated heterocycles. The molecule has 0 bridgehead atoms. The maximum Gasteiger partial charge on any atom is 0.309 e. The number of aliphatic hydroxyl groups is 2. The highest BCUT2D eigenvalue weighted by Crippen LogP contribution is 2.74. The average molecular weight is 511 g/mol. The van der Waals surface area contributed by atoms with Gasteiger partial charge >= 0.3 is 11.9 Å². The van der Waals surface area contributed by atoms with Crippen LogP contribution in [0, 0.1) is 52.8 Å². The van der Waals surface area contributed by atoms with Gasteiger partial charge in [-0.15, -0.1) is 0 Å². The molecule has 0 aromatic carbocycles. The highest BCUT2D eigenvalue weighted by molar-refractivity contribution is 5.91. The summed E-state index contributed by atoms with van der Waals surface area (Å²) in [6.07, 6.45) is 3.04. The van der Waals surface area contributed by atoms with Gasteiger partial charge in [0.25, 0.3) is 0 Å². The van der Waals surface area contributed by atoms with E-state index in [4.69, 9.17) is 9.47 Å². The fourth-order valence-electron chi connectivity index (χ4n) is 10.6. The Morgan fingerprint density at radius 1 is 0.811 bits per heavy atom. The third-order valence-corrected chi connectivity index (χ3v) is 12.5. The van der Waals surface area contributed by atoms with E-state index in [1.54, 1.807) is 0 Å². The Kier molecular flexibility index (Phi) is 4.78. The Balaban J connectivity index is 1.38. The first kappa shape index (κ1) is 24.1. The Labute approximate surface area is 217 Å². The second-order valence-corrected chi connectivity index (χ2v) is 13.5. The van der Waals surface area contributed by atoms with Gasteiger partial charge in [0.2, 0.25) is 0 Å². The van der Waals surface area contributed by atoms with E-state index in [2.05, 4.69) is 13.2 Å². The van der Waals surface area contributed by atoms with Crippen LogP contribution in [0.4, 0.5) is 0 Å². The number of esters is 2. The minimum Gasteiger partial charge on any atom is -0.461 e. The first-order valence-corrected chi connectivity index (χ1v) is 14.2. The smallest absolute Gasteiger partial charge is 0.309 e. The summed E-state index contributed by atoms with van der Waals surface area (Å²) in [5.74, 6) is -2.52. The van der Waals surface area contributed by atoms with E-state index in [9.17, 15) is 24.6 Å². The number of fused-ring (bicyclic) bond motifs is 10. The predicted molar refractivity (Wildman–Crippen MR) is 132 cm³/mol. The molecule has 1 spiro atoms. The molecule has 2 N–H and O–H groups in total. The molecule has 7 fully saturated rings. The van der Waals surface area contributed by atoms with Crippen LogP contribution in [0.25, 0.3) is 0 Å². The molecule has 1 unspecified atom stereocenters. The number of allylic oxidation sites excluding steroid dienone is 2. The van der Waals surface area contributed by atoms with Crippen LogP contribution >= 0.6 is 0 Å². The summed E-state index contributed by atoms with van der Waals surface area (Å²) < 4.78 is 12.0. The largest absolute Gasteiger partial charge is 0.461 e. The van der Waals surface area contributed by atoms with E-state index >= 15 is 0 Å². The molecule has 13 atom stereocenters. The molecule has 7 rings (SSSR count). The molecular weight excluding hydrogens is 472 g/mol. The molecule has 5 saturated carbocycles. The lowest BCUT2D eigenvalue weighted by Crippen LogP contribution is -2.63. The van der Waals surface area contributed by atoms with Gasteiger partial charge in [0.1, 0.15) is 29.2 Å². The van der Waals surface area contributed by atoms with E-state index in [1.807, 2.05) is 13.8 Å². The first-order valence-electron chi connectivity index (χ1n) is 14.2. The van der Waals surface area contributed by atoms with Gasteiger partial charge in [0, 0.05) is 30.1 Å². The molecule has 37 heavy (non-hydrogen) atoms. The monoisotopic (exact) mass is 510 g/mol. The molecule has 5 aliphatic carbocycles. The molecular formula is C30H38O7. The normalized spacial score (nSPS) is 56.3. The van der Waals surface area contributed by atoms with Gasteiger partial charge in [-0.2, -0.15) is 0 Å². The molecule has 0 radical (unpaired) electrons. The van der Waals surface area contributed by atoms with Crippen LogP contribution in [0.15, 0.2) is 24.3 Å². The second-order valence-electron chi connectivity index (χ2n) is 13.5. The maximum atomic E-state index is 14.2. The predicted octanol–water partition coefficient (Wildman–Crippen LogP) is 3.13. The van der Waals surface area contributed by atoms with Gasteiger partial charge in [-0.05, 0) is 56.8 Å². The second kappa shape index (κ2) is 7.35. The molecule has 7 heteroatoms. The maximum absolute atomic E-state index is 14.2. The molecule has 0 aromatic rings. The number of hydrogen-bond donors (Lipinski definition) is 2. The van der Waals surface area contributed by atoms with Crippen molar-refractivity contribution < 1.29 is 34.1 Å². The van der Waals surface area contributed by atoms with Crippen molar-refractivity contribution in [2.45, 2.75) is 88.6 Å². The van der Waals surface area contributed by atoms with Crippen LogP contribution in [0.3, 0.4) is 0 Å². The van der Waals surface area contributed by atoms with E-state index in [-0.39, 0.29) is 72.5 Å². The number of ether oxygens (including phenoxy) is 2. The highest BCUT2D eigenvalue weighted by atomic mass is 16.6. The summed E-state index contributed by atoms with van der Waals surface area (Å²) in [6.45, 7) is 12.5. The zero-order valence-electron chi connectivity index (χ0n) is 21.8. The zero-order chi connectivity index (χ0) is 26.2. The van der Waals surface area contributed by atoms with Crippen LogP contribution < -0.4 is 0 Å². The minimum absolute atomic E-state index is 0.0396. The van der Waals surface area contributed by atoms with Crippen LogP contribution in [-0.2, 0) is 23.9 Å². The SMILES string of the molecule is C=C1CC[C@@H]2[C@H](OC(=O)[C@H]2C)[C@@H]2[C@H]1C[C@@]1(O)[C@]2(O)CC[C@]12C(=O)C[C@H]1C(=C)CCC3[C@H](C)C(=O)O[C@@H]3[C@H]12. The standard InChI is InChI=1S/C30H38O7/c1-13-5-7-17-15(3)26(32)36-24(17)22-19(13)11-21(31)28(22)9-10-29(34)23-20(12-30(28,29)35)14(2)6-8-18-16(4)27(33)37-25(18)23/h15-20,22-25,34-35H,1-2,5-12H2,3-4H3/t15-,16-,17?,18-,19-,20-,22-,23-,24-,25-,28+,29-,30-/m0/s1. The lowest BCUT2D eigenvalue weighted by molar-refractivity contribution is -0.205. The Hall–Kier alpha value is -1.99. The van der Waals surface area contributed by atoms with Gasteiger partial charge in [0.05, 0.1) is 17.3 Å². The topological polar surface area (TPSA) is 110 Å². The fraction of sp³-hybridized carbons (Fsp3) is 0.767. The first-order chi connectivity index (χ1) is 17.5. The van der Waals surface area contributed by atoms with Crippen LogP contribution in [0.5, 0.6) is 0 Å². The number of hydrogen-bond acceptors (Lipinski definition) is 7. The van der Waals surface area contributed by atoms with Crippen molar-refractivity contribution in [3.8, 4) is 0 Å². The van der Waals surface area contributed by atoms with E-state index in [0.717, 1.165) is 30.4 Å². The van der Waals surface area contributed by atoms with Gasteiger partial charge in [0.15, 0.2) is 0 Å². The molecule has 0 aromatic heterocycles. The Morgan fingerprint density at radius 2 is 1.35 bits per heavy atom. The zero-order valence-corrected chi connectivity index (χ0v) is 21.8. The van der Waals surface area contributed by atoms with Gasteiger partial charge in [-0.1, -0.05) is 38.2 Å². The van der Waals surface area contributed by atoms with Crippen LogP contribution in [0.2, 0.25) is 0 Å². The summed E-state index contributed by atoms with van der Waals surface area (Å²) in [6, 6.07) is 0. The quantitative estimate of drug-likeness (QED) is 0.381. The molecule has 7 aliphatic rings. The lowest BCUT2D eigenvalue weighted by atomic mass is 9.59. The van der Waals surface area contributed by atoms with Crippen LogP contribution in [0.1, 0.15) is 65.2 Å². The summed E-state index contributed by atoms with van der Waals surface area (Å²) in [7, 11) is 0. The van der Waals surface area contributed by atoms with E-state index in [1.165, 1.54) is 0 Å². The van der Waals surface area contributed by atoms with Crippen molar-refractivity contribution in [1.82, 2.24) is 0 Å². The number of Topliss-reactive ketones (excluding diaryl/α,β-unsaturated/α-hetero) is 1. The third kappa shape index (κ3) is 2.59. The lowest BCUT2D eigenvalue weighted by Gasteiger charge is -2.48. The summed E-state index contributed by atoms with van der Waals surface area (Å²) in [5.41, 5.74) is -2.60. The minimum atomic E-state index is -1.72. The number of ketones is 1. The number of carbonyl (C=O) groups excluding carboxylic acids is 3. The van der Waals surface area contributed by atoms with Crippen molar-refractivity contribution in [3.05, 3.63) is 24.3 Å². The van der Waals surface area contributed by atoms with Gasteiger partial charge in [-0.3, -0.25) is 14.4 Å². The van der Waals surface area contributed by atoms with E-state index in [0.29, 0.717) is 12.8 Å². The van der Waals surface area contributed by atoms with E-state index < -0.39 is 40.7 Å². The van der Waals surface area contributed by atoms with Gasteiger partial charge < -0.3 is 19.7 Å². The summed E-state index contributed by atoms with van der Waals surface area (Å²) in [4.78, 5) is 39.6. The molecule has 7 nitrogen and oxygen atoms in total. The van der Waals surface area contributed by atoms with Crippen molar-refractivity contribution in [2.24, 2.45) is 52.8 Å². The fourth-order valence-corrected chi connectivity index (χ4v) is 10.6. The van der Waals surface area contributed by atoms with Crippen molar-refractivity contribution >= 4 is 17.7 Å². The molecule has 200 valence electrons. The molecule has 2 aliphatic heterocycles.